The third kappa shape index (κ3) is 3.98. The zero-order chi connectivity index (χ0) is 13.2. The highest BCUT2D eigenvalue weighted by Crippen LogP contribution is 2.46. The molecule has 2 unspecified atom stereocenters. The standard InChI is InChI=1S/C17H32O/c1-14-11-16(2,3)13-17(18,12-14)10-9-15-7-5-4-6-8-15/h14-15,18H,4-13H2,1-3H3. The van der Waals surface area contributed by atoms with Gasteiger partial charge in [0.15, 0.2) is 0 Å². The summed E-state index contributed by atoms with van der Waals surface area (Å²) in [5, 5.41) is 10.9. The molecule has 18 heavy (non-hydrogen) atoms. The molecule has 2 fully saturated rings. The van der Waals surface area contributed by atoms with Gasteiger partial charge in [0, 0.05) is 0 Å². The van der Waals surface area contributed by atoms with Crippen LogP contribution < -0.4 is 0 Å². The molecule has 106 valence electrons. The van der Waals surface area contributed by atoms with Crippen molar-refractivity contribution in [3.05, 3.63) is 0 Å². The van der Waals surface area contributed by atoms with Crippen LogP contribution in [0.5, 0.6) is 0 Å². The van der Waals surface area contributed by atoms with E-state index in [2.05, 4.69) is 20.8 Å². The number of aliphatic hydroxyl groups is 1. The van der Waals surface area contributed by atoms with Crippen molar-refractivity contribution < 1.29 is 5.11 Å². The molecule has 2 rings (SSSR count). The van der Waals surface area contributed by atoms with E-state index in [9.17, 15) is 5.11 Å². The van der Waals surface area contributed by atoms with Crippen LogP contribution >= 0.6 is 0 Å². The van der Waals surface area contributed by atoms with Gasteiger partial charge in [-0.25, -0.2) is 0 Å². The van der Waals surface area contributed by atoms with E-state index >= 15 is 0 Å². The Hall–Kier alpha value is -0.0400. The van der Waals surface area contributed by atoms with E-state index in [1.807, 2.05) is 0 Å². The van der Waals surface area contributed by atoms with Crippen molar-refractivity contribution in [2.24, 2.45) is 17.3 Å². The van der Waals surface area contributed by atoms with Crippen molar-refractivity contribution in [2.45, 2.75) is 90.6 Å². The summed E-state index contributed by atoms with van der Waals surface area (Å²) in [6.07, 6.45) is 12.7. The van der Waals surface area contributed by atoms with Crippen molar-refractivity contribution in [1.82, 2.24) is 0 Å². The highest BCUT2D eigenvalue weighted by molar-refractivity contribution is 4.93. The van der Waals surface area contributed by atoms with Gasteiger partial charge in [0.1, 0.15) is 0 Å². The zero-order valence-electron chi connectivity index (χ0n) is 12.7. The van der Waals surface area contributed by atoms with Crippen molar-refractivity contribution in [3.8, 4) is 0 Å². The molecular weight excluding hydrogens is 220 g/mol. The van der Waals surface area contributed by atoms with E-state index in [-0.39, 0.29) is 5.60 Å². The van der Waals surface area contributed by atoms with Crippen LogP contribution in [0, 0.1) is 17.3 Å². The molecule has 0 aromatic heterocycles. The maximum atomic E-state index is 10.9. The lowest BCUT2D eigenvalue weighted by atomic mass is 9.64. The molecule has 0 radical (unpaired) electrons. The van der Waals surface area contributed by atoms with E-state index < -0.39 is 0 Å². The van der Waals surface area contributed by atoms with E-state index in [0.29, 0.717) is 11.3 Å². The molecule has 2 aliphatic carbocycles. The van der Waals surface area contributed by atoms with E-state index in [1.54, 1.807) is 0 Å². The molecule has 0 aliphatic heterocycles. The lowest BCUT2D eigenvalue weighted by Crippen LogP contribution is -2.42. The first-order valence-corrected chi connectivity index (χ1v) is 8.11. The molecular formula is C17H32O. The molecule has 1 nitrogen and oxygen atoms in total. The number of rotatable bonds is 3. The molecule has 0 aromatic carbocycles. The predicted octanol–water partition coefficient (Wildman–Crippen LogP) is 4.92. The minimum absolute atomic E-state index is 0.332. The maximum absolute atomic E-state index is 10.9. The first-order chi connectivity index (χ1) is 8.39. The molecule has 0 amide bonds. The van der Waals surface area contributed by atoms with Crippen LogP contribution in [0.4, 0.5) is 0 Å². The van der Waals surface area contributed by atoms with Crippen molar-refractivity contribution in [2.75, 3.05) is 0 Å². The molecule has 0 heterocycles. The van der Waals surface area contributed by atoms with Gasteiger partial charge in [-0.15, -0.1) is 0 Å². The fraction of sp³-hybridized carbons (Fsp3) is 1.00. The van der Waals surface area contributed by atoms with Gasteiger partial charge in [-0.1, -0.05) is 52.9 Å². The molecule has 0 bridgehead atoms. The minimum Gasteiger partial charge on any atom is -0.390 e. The van der Waals surface area contributed by atoms with Crippen LogP contribution in [-0.2, 0) is 0 Å². The number of hydrogen-bond acceptors (Lipinski definition) is 1. The second-order valence-corrected chi connectivity index (χ2v) is 8.12. The van der Waals surface area contributed by atoms with Crippen molar-refractivity contribution in [3.63, 3.8) is 0 Å². The highest BCUT2D eigenvalue weighted by atomic mass is 16.3. The molecule has 1 N–H and O–H groups in total. The van der Waals surface area contributed by atoms with Gasteiger partial charge in [-0.3, -0.25) is 0 Å². The van der Waals surface area contributed by atoms with Gasteiger partial charge in [-0.2, -0.15) is 0 Å². The Balaban J connectivity index is 1.86. The van der Waals surface area contributed by atoms with Gasteiger partial charge in [0.2, 0.25) is 0 Å². The maximum Gasteiger partial charge on any atom is 0.0655 e. The highest BCUT2D eigenvalue weighted by Gasteiger charge is 2.41. The SMILES string of the molecule is CC1CC(C)(C)CC(O)(CCC2CCCCC2)C1. The van der Waals surface area contributed by atoms with Gasteiger partial charge < -0.3 is 5.11 Å². The molecule has 2 saturated carbocycles. The summed E-state index contributed by atoms with van der Waals surface area (Å²) in [4.78, 5) is 0. The van der Waals surface area contributed by atoms with Gasteiger partial charge in [-0.05, 0) is 49.4 Å². The predicted molar refractivity (Wildman–Crippen MR) is 77.6 cm³/mol. The van der Waals surface area contributed by atoms with Crippen LogP contribution in [0.2, 0.25) is 0 Å². The number of hydrogen-bond donors (Lipinski definition) is 1. The summed E-state index contributed by atoms with van der Waals surface area (Å²) >= 11 is 0. The van der Waals surface area contributed by atoms with E-state index in [0.717, 1.165) is 25.2 Å². The Labute approximate surface area is 113 Å². The lowest BCUT2D eigenvalue weighted by Gasteiger charge is -2.45. The summed E-state index contributed by atoms with van der Waals surface area (Å²) in [5.74, 6) is 1.59. The Morgan fingerprint density at radius 2 is 1.72 bits per heavy atom. The second-order valence-electron chi connectivity index (χ2n) is 8.12. The smallest absolute Gasteiger partial charge is 0.0655 e. The van der Waals surface area contributed by atoms with E-state index in [1.165, 1.54) is 44.9 Å². The summed E-state index contributed by atoms with van der Waals surface area (Å²) in [5.41, 5.74) is -0.0302. The second kappa shape index (κ2) is 5.53. The Kier molecular flexibility index (Phi) is 4.41. The third-order valence-corrected chi connectivity index (χ3v) is 5.18. The molecule has 0 aromatic rings. The van der Waals surface area contributed by atoms with E-state index in [4.69, 9.17) is 0 Å². The molecule has 2 aliphatic rings. The van der Waals surface area contributed by atoms with Gasteiger partial charge in [0.05, 0.1) is 5.60 Å². The van der Waals surface area contributed by atoms with Crippen LogP contribution in [0.15, 0.2) is 0 Å². The fourth-order valence-electron chi connectivity index (χ4n) is 4.84. The molecule has 0 saturated heterocycles. The third-order valence-electron chi connectivity index (χ3n) is 5.18. The van der Waals surface area contributed by atoms with Gasteiger partial charge in [0.25, 0.3) is 0 Å². The molecule has 0 spiro atoms. The van der Waals surface area contributed by atoms with Crippen LogP contribution in [-0.4, -0.2) is 10.7 Å². The molecule has 1 heteroatoms. The van der Waals surface area contributed by atoms with Crippen molar-refractivity contribution >= 4 is 0 Å². The average Bonchev–Trinajstić information content (AvgIpc) is 2.24. The summed E-state index contributed by atoms with van der Waals surface area (Å²) in [7, 11) is 0. The monoisotopic (exact) mass is 252 g/mol. The first kappa shape index (κ1) is 14.4. The van der Waals surface area contributed by atoms with Crippen LogP contribution in [0.3, 0.4) is 0 Å². The van der Waals surface area contributed by atoms with Crippen LogP contribution in [0.25, 0.3) is 0 Å². The zero-order valence-corrected chi connectivity index (χ0v) is 12.7. The van der Waals surface area contributed by atoms with Crippen LogP contribution in [0.1, 0.15) is 85.0 Å². The Morgan fingerprint density at radius 3 is 2.33 bits per heavy atom. The normalized spacial score (nSPS) is 37.7. The van der Waals surface area contributed by atoms with Gasteiger partial charge >= 0.3 is 0 Å². The fourth-order valence-corrected chi connectivity index (χ4v) is 4.84. The Bertz CT molecular complexity index is 265. The largest absolute Gasteiger partial charge is 0.390 e. The summed E-state index contributed by atoms with van der Waals surface area (Å²) < 4.78 is 0. The van der Waals surface area contributed by atoms with Crippen molar-refractivity contribution in [1.29, 1.82) is 0 Å². The summed E-state index contributed by atoms with van der Waals surface area (Å²) in [6.45, 7) is 6.97. The molecule has 2 atom stereocenters. The first-order valence-electron chi connectivity index (χ1n) is 8.11. The quantitative estimate of drug-likeness (QED) is 0.755. The average molecular weight is 252 g/mol. The summed E-state index contributed by atoms with van der Waals surface area (Å²) in [6, 6.07) is 0. The topological polar surface area (TPSA) is 20.2 Å². The Morgan fingerprint density at radius 1 is 1.06 bits per heavy atom. The minimum atomic E-state index is -0.362. The lowest BCUT2D eigenvalue weighted by molar-refractivity contribution is -0.0676.